The van der Waals surface area contributed by atoms with Crippen LogP contribution in [0, 0.1) is 0 Å². The lowest BCUT2D eigenvalue weighted by molar-refractivity contribution is 0.870. The van der Waals surface area contributed by atoms with Crippen LogP contribution in [0.3, 0.4) is 0 Å². The van der Waals surface area contributed by atoms with Gasteiger partial charge in [-0.05, 0) is 19.3 Å². The fourth-order valence-corrected chi connectivity index (χ4v) is 1.08. The molecule has 0 aromatic heterocycles. The van der Waals surface area contributed by atoms with Crippen molar-refractivity contribution in [3.05, 3.63) is 24.3 Å². The summed E-state index contributed by atoms with van der Waals surface area (Å²) >= 11 is 0. The van der Waals surface area contributed by atoms with Crippen LogP contribution in [0.15, 0.2) is 24.3 Å². The molecule has 0 N–H and O–H groups in total. The summed E-state index contributed by atoms with van der Waals surface area (Å²) in [6.07, 6.45) is 9.01. The van der Waals surface area contributed by atoms with Gasteiger partial charge in [-0.3, -0.25) is 0 Å². The largest absolute Gasteiger partial charge is 0.103 e. The average molecular weight is 138 g/mol. The molecule has 0 aromatic rings. The van der Waals surface area contributed by atoms with Gasteiger partial charge in [-0.25, -0.2) is 0 Å². The van der Waals surface area contributed by atoms with Crippen LogP contribution in [-0.2, 0) is 0 Å². The van der Waals surface area contributed by atoms with Gasteiger partial charge >= 0.3 is 0 Å². The second-order valence-corrected chi connectivity index (χ2v) is 2.51. The highest BCUT2D eigenvalue weighted by atomic mass is 14.0. The van der Waals surface area contributed by atoms with Gasteiger partial charge in [0.15, 0.2) is 0 Å². The highest BCUT2D eigenvalue weighted by Gasteiger charge is 1.90. The minimum absolute atomic E-state index is 1.07. The van der Waals surface area contributed by atoms with Crippen molar-refractivity contribution in [3.63, 3.8) is 0 Å². The molecule has 0 saturated carbocycles. The van der Waals surface area contributed by atoms with Gasteiger partial charge in [-0.1, -0.05) is 38.0 Å². The third-order valence-electron chi connectivity index (χ3n) is 1.47. The first-order valence-corrected chi connectivity index (χ1v) is 4.13. The molecule has 0 rings (SSSR count). The Morgan fingerprint density at radius 1 is 1.40 bits per heavy atom. The molecule has 0 heteroatoms. The van der Waals surface area contributed by atoms with Crippen molar-refractivity contribution in [2.75, 3.05) is 0 Å². The second-order valence-electron chi connectivity index (χ2n) is 2.51. The van der Waals surface area contributed by atoms with Gasteiger partial charge in [0.25, 0.3) is 0 Å². The summed E-state index contributed by atoms with van der Waals surface area (Å²) in [7, 11) is 0. The molecule has 0 aromatic carbocycles. The normalized spacial score (nSPS) is 11.6. The number of hydrogen-bond acceptors (Lipinski definition) is 0. The molecule has 0 amide bonds. The minimum Gasteiger partial charge on any atom is -0.103 e. The molecule has 58 valence electrons. The van der Waals surface area contributed by atoms with Crippen molar-refractivity contribution in [1.82, 2.24) is 0 Å². The highest BCUT2D eigenvalue weighted by Crippen LogP contribution is 2.10. The van der Waals surface area contributed by atoms with Crippen LogP contribution in [-0.4, -0.2) is 0 Å². The first kappa shape index (κ1) is 9.48. The van der Waals surface area contributed by atoms with E-state index in [0.717, 1.165) is 12.8 Å². The summed E-state index contributed by atoms with van der Waals surface area (Å²) in [5.41, 5.74) is 1.54. The van der Waals surface area contributed by atoms with E-state index >= 15 is 0 Å². The van der Waals surface area contributed by atoms with Gasteiger partial charge in [0.05, 0.1) is 0 Å². The molecule has 0 fully saturated rings. The third kappa shape index (κ3) is 4.37. The van der Waals surface area contributed by atoms with Crippen LogP contribution in [0.5, 0.6) is 0 Å². The molecule has 0 bridgehead atoms. The van der Waals surface area contributed by atoms with Crippen LogP contribution >= 0.6 is 0 Å². The van der Waals surface area contributed by atoms with Crippen LogP contribution in [0.1, 0.15) is 39.5 Å². The molecular formula is C10H18. The SMILES string of the molecule is C=CCC(=CCC)CCC. The topological polar surface area (TPSA) is 0 Å². The molecule has 10 heavy (non-hydrogen) atoms. The van der Waals surface area contributed by atoms with E-state index < -0.39 is 0 Å². The van der Waals surface area contributed by atoms with Crippen molar-refractivity contribution in [2.45, 2.75) is 39.5 Å². The Morgan fingerprint density at radius 2 is 2.10 bits per heavy atom. The van der Waals surface area contributed by atoms with E-state index in [2.05, 4.69) is 26.5 Å². The zero-order valence-corrected chi connectivity index (χ0v) is 7.19. The minimum atomic E-state index is 1.07. The lowest BCUT2D eigenvalue weighted by Crippen LogP contribution is -1.79. The van der Waals surface area contributed by atoms with E-state index in [1.807, 2.05) is 6.08 Å². The molecule has 0 aliphatic carbocycles. The highest BCUT2D eigenvalue weighted by molar-refractivity contribution is 5.05. The fraction of sp³-hybridized carbons (Fsp3) is 0.600. The van der Waals surface area contributed by atoms with E-state index in [0.29, 0.717) is 0 Å². The van der Waals surface area contributed by atoms with Gasteiger partial charge in [0.2, 0.25) is 0 Å². The molecule has 0 saturated heterocycles. The summed E-state index contributed by atoms with van der Waals surface area (Å²) < 4.78 is 0. The Bertz CT molecular complexity index is 109. The molecule has 0 nitrogen and oxygen atoms in total. The molecule has 0 unspecified atom stereocenters. The maximum Gasteiger partial charge on any atom is -0.0142 e. The van der Waals surface area contributed by atoms with Crippen molar-refractivity contribution in [3.8, 4) is 0 Å². The first-order valence-electron chi connectivity index (χ1n) is 4.13. The maximum atomic E-state index is 3.72. The molecule has 0 spiro atoms. The second kappa shape index (κ2) is 6.60. The molecule has 0 aliphatic heterocycles. The van der Waals surface area contributed by atoms with E-state index in [-0.39, 0.29) is 0 Å². The fourth-order valence-electron chi connectivity index (χ4n) is 1.08. The Labute approximate surface area is 64.6 Å². The molecule has 0 heterocycles. The summed E-state index contributed by atoms with van der Waals surface area (Å²) in [6.45, 7) is 8.12. The Hall–Kier alpha value is -0.520. The quantitative estimate of drug-likeness (QED) is 0.508. The Kier molecular flexibility index (Phi) is 6.25. The standard InChI is InChI=1S/C10H18/c1-4-7-10(8-5-2)9-6-3/h4,8H,1,5-7,9H2,2-3H3. The zero-order valence-electron chi connectivity index (χ0n) is 7.19. The summed E-state index contributed by atoms with van der Waals surface area (Å²) in [5, 5.41) is 0. The predicted octanol–water partition coefficient (Wildman–Crippen LogP) is 3.70. The number of allylic oxidation sites excluding steroid dienone is 3. The zero-order chi connectivity index (χ0) is 7.82. The lowest BCUT2D eigenvalue weighted by atomic mass is 10.1. The van der Waals surface area contributed by atoms with E-state index in [4.69, 9.17) is 0 Å². The predicted molar refractivity (Wildman–Crippen MR) is 48.1 cm³/mol. The molecule has 0 aliphatic rings. The number of hydrogen-bond donors (Lipinski definition) is 0. The summed E-state index contributed by atoms with van der Waals surface area (Å²) in [5.74, 6) is 0. The Balaban J connectivity index is 3.71. The van der Waals surface area contributed by atoms with E-state index in [1.165, 1.54) is 12.8 Å². The third-order valence-corrected chi connectivity index (χ3v) is 1.47. The van der Waals surface area contributed by atoms with Gasteiger partial charge in [-0.15, -0.1) is 6.58 Å². The monoisotopic (exact) mass is 138 g/mol. The van der Waals surface area contributed by atoms with Gasteiger partial charge in [0, 0.05) is 0 Å². The summed E-state index contributed by atoms with van der Waals surface area (Å²) in [4.78, 5) is 0. The molecule has 0 radical (unpaired) electrons. The molecular weight excluding hydrogens is 120 g/mol. The van der Waals surface area contributed by atoms with Crippen molar-refractivity contribution in [1.29, 1.82) is 0 Å². The van der Waals surface area contributed by atoms with Crippen LogP contribution in [0.25, 0.3) is 0 Å². The maximum absolute atomic E-state index is 3.72. The average Bonchev–Trinajstić information content (AvgIpc) is 1.90. The smallest absolute Gasteiger partial charge is 0.0142 e. The molecule has 0 atom stereocenters. The first-order chi connectivity index (χ1) is 4.85. The van der Waals surface area contributed by atoms with Crippen molar-refractivity contribution in [2.24, 2.45) is 0 Å². The summed E-state index contributed by atoms with van der Waals surface area (Å²) in [6, 6.07) is 0. The van der Waals surface area contributed by atoms with Gasteiger partial charge in [-0.2, -0.15) is 0 Å². The lowest BCUT2D eigenvalue weighted by Gasteiger charge is -2.00. The van der Waals surface area contributed by atoms with E-state index in [1.54, 1.807) is 5.57 Å². The van der Waals surface area contributed by atoms with E-state index in [9.17, 15) is 0 Å². The number of rotatable bonds is 5. The Morgan fingerprint density at radius 3 is 2.50 bits per heavy atom. The van der Waals surface area contributed by atoms with Crippen molar-refractivity contribution < 1.29 is 0 Å². The van der Waals surface area contributed by atoms with Gasteiger partial charge < -0.3 is 0 Å². The van der Waals surface area contributed by atoms with Crippen LogP contribution < -0.4 is 0 Å². The van der Waals surface area contributed by atoms with Crippen LogP contribution in [0.4, 0.5) is 0 Å². The van der Waals surface area contributed by atoms with Crippen molar-refractivity contribution >= 4 is 0 Å². The van der Waals surface area contributed by atoms with Gasteiger partial charge in [0.1, 0.15) is 0 Å². The van der Waals surface area contributed by atoms with Crippen LogP contribution in [0.2, 0.25) is 0 Å².